The van der Waals surface area contributed by atoms with Gasteiger partial charge in [-0.3, -0.25) is 0 Å². The molecule has 0 atom stereocenters. The third-order valence-electron chi connectivity index (χ3n) is 2.39. The summed E-state index contributed by atoms with van der Waals surface area (Å²) in [5, 5.41) is 3.88. The van der Waals surface area contributed by atoms with Gasteiger partial charge in [-0.1, -0.05) is 5.16 Å². The highest BCUT2D eigenvalue weighted by molar-refractivity contribution is 5.59. The van der Waals surface area contributed by atoms with Gasteiger partial charge in [0.2, 0.25) is 5.82 Å². The summed E-state index contributed by atoms with van der Waals surface area (Å²) in [6.45, 7) is 0. The molecule has 0 radical (unpaired) electrons. The molecule has 0 aliphatic carbocycles. The fraction of sp³-hybridized carbons (Fsp3) is 0. The summed E-state index contributed by atoms with van der Waals surface area (Å²) in [4.78, 5) is 12.2. The smallest absolute Gasteiger partial charge is 0.258 e. The summed E-state index contributed by atoms with van der Waals surface area (Å²) in [6, 6.07) is 8.94. The third kappa shape index (κ3) is 1.91. The number of nitrogens with two attached hydrogens (primary N) is 1. The zero-order chi connectivity index (χ0) is 12.4. The predicted molar refractivity (Wildman–Crippen MR) is 65.2 cm³/mol. The van der Waals surface area contributed by atoms with Crippen LogP contribution in [0.1, 0.15) is 0 Å². The van der Waals surface area contributed by atoms with E-state index in [-0.39, 0.29) is 0 Å². The Morgan fingerprint density at radius 2 is 1.89 bits per heavy atom. The van der Waals surface area contributed by atoms with Crippen LogP contribution < -0.4 is 5.73 Å². The van der Waals surface area contributed by atoms with Crippen LogP contribution in [0.5, 0.6) is 0 Å². The first-order valence-corrected chi connectivity index (χ1v) is 5.29. The van der Waals surface area contributed by atoms with Crippen molar-refractivity contribution in [3.63, 3.8) is 0 Å². The molecule has 3 aromatic rings. The van der Waals surface area contributed by atoms with E-state index in [2.05, 4.69) is 20.1 Å². The Hall–Kier alpha value is -2.76. The molecule has 3 rings (SSSR count). The maximum absolute atomic E-state index is 5.62. The Balaban J connectivity index is 1.97. The van der Waals surface area contributed by atoms with Crippen LogP contribution in [0.3, 0.4) is 0 Å². The second-order valence-electron chi connectivity index (χ2n) is 3.64. The van der Waals surface area contributed by atoms with Gasteiger partial charge in [-0.05, 0) is 30.3 Å². The molecule has 0 saturated heterocycles. The van der Waals surface area contributed by atoms with Gasteiger partial charge in [-0.25, -0.2) is 9.97 Å². The zero-order valence-corrected chi connectivity index (χ0v) is 9.32. The lowest BCUT2D eigenvalue weighted by molar-refractivity contribution is 0.432. The van der Waals surface area contributed by atoms with Gasteiger partial charge in [-0.15, -0.1) is 0 Å². The van der Waals surface area contributed by atoms with Gasteiger partial charge in [0, 0.05) is 17.4 Å². The van der Waals surface area contributed by atoms with Gasteiger partial charge in [0.1, 0.15) is 12.0 Å². The van der Waals surface area contributed by atoms with E-state index in [0.29, 0.717) is 23.1 Å². The minimum atomic E-state index is 0.434. The summed E-state index contributed by atoms with van der Waals surface area (Å²) in [5.74, 6) is 0.868. The second-order valence-corrected chi connectivity index (χ2v) is 3.64. The van der Waals surface area contributed by atoms with E-state index < -0.39 is 0 Å². The van der Waals surface area contributed by atoms with E-state index in [0.717, 1.165) is 5.56 Å². The number of rotatable bonds is 2. The first-order chi connectivity index (χ1) is 8.83. The monoisotopic (exact) mass is 239 g/mol. The summed E-state index contributed by atoms with van der Waals surface area (Å²) in [6.07, 6.45) is 3.07. The molecule has 6 heteroatoms. The predicted octanol–water partition coefficient (Wildman–Crippen LogP) is 1.78. The van der Waals surface area contributed by atoms with Crippen molar-refractivity contribution in [3.05, 3.63) is 42.9 Å². The average molecular weight is 239 g/mol. The fourth-order valence-corrected chi connectivity index (χ4v) is 1.49. The van der Waals surface area contributed by atoms with Crippen molar-refractivity contribution in [2.75, 3.05) is 5.73 Å². The van der Waals surface area contributed by atoms with E-state index in [4.69, 9.17) is 10.3 Å². The highest BCUT2D eigenvalue weighted by atomic mass is 16.5. The van der Waals surface area contributed by atoms with E-state index in [1.54, 1.807) is 24.4 Å². The van der Waals surface area contributed by atoms with Gasteiger partial charge in [0.05, 0.1) is 0 Å². The minimum absolute atomic E-state index is 0.434. The molecular weight excluding hydrogens is 230 g/mol. The average Bonchev–Trinajstić information content (AvgIpc) is 2.90. The molecule has 0 fully saturated rings. The van der Waals surface area contributed by atoms with Crippen LogP contribution in [0.25, 0.3) is 23.0 Å². The summed E-state index contributed by atoms with van der Waals surface area (Å²) in [7, 11) is 0. The van der Waals surface area contributed by atoms with Gasteiger partial charge >= 0.3 is 0 Å². The summed E-state index contributed by atoms with van der Waals surface area (Å²) >= 11 is 0. The molecule has 0 saturated carbocycles. The van der Waals surface area contributed by atoms with Crippen molar-refractivity contribution < 1.29 is 4.52 Å². The number of benzene rings is 1. The lowest BCUT2D eigenvalue weighted by Crippen LogP contribution is -1.86. The first-order valence-electron chi connectivity index (χ1n) is 5.29. The lowest BCUT2D eigenvalue weighted by Gasteiger charge is -1.94. The molecule has 0 aliphatic heterocycles. The van der Waals surface area contributed by atoms with Crippen LogP contribution in [0.15, 0.2) is 47.4 Å². The summed E-state index contributed by atoms with van der Waals surface area (Å²) in [5.41, 5.74) is 7.74. The number of hydrogen-bond acceptors (Lipinski definition) is 6. The SMILES string of the molecule is Nc1ccc(-c2nc(-c3ccncn3)no2)cc1. The molecule has 1 aromatic carbocycles. The maximum Gasteiger partial charge on any atom is 0.258 e. The molecule has 2 heterocycles. The van der Waals surface area contributed by atoms with Gasteiger partial charge < -0.3 is 10.3 Å². The highest BCUT2D eigenvalue weighted by Gasteiger charge is 2.10. The Morgan fingerprint density at radius 1 is 1.06 bits per heavy atom. The van der Waals surface area contributed by atoms with E-state index in [1.807, 2.05) is 12.1 Å². The fourth-order valence-electron chi connectivity index (χ4n) is 1.49. The Morgan fingerprint density at radius 3 is 2.61 bits per heavy atom. The normalized spacial score (nSPS) is 10.4. The van der Waals surface area contributed by atoms with E-state index in [9.17, 15) is 0 Å². The van der Waals surface area contributed by atoms with E-state index in [1.165, 1.54) is 6.33 Å². The van der Waals surface area contributed by atoms with E-state index >= 15 is 0 Å². The quantitative estimate of drug-likeness (QED) is 0.685. The number of nitrogen functional groups attached to an aromatic ring is 1. The molecule has 0 bridgehead atoms. The molecule has 0 amide bonds. The molecular formula is C12H9N5O. The lowest BCUT2D eigenvalue weighted by atomic mass is 10.2. The molecule has 2 N–H and O–H groups in total. The zero-order valence-electron chi connectivity index (χ0n) is 9.32. The van der Waals surface area contributed by atoms with Crippen molar-refractivity contribution in [2.45, 2.75) is 0 Å². The summed E-state index contributed by atoms with van der Waals surface area (Å²) < 4.78 is 5.18. The number of anilines is 1. The van der Waals surface area contributed by atoms with Crippen molar-refractivity contribution in [1.29, 1.82) is 0 Å². The van der Waals surface area contributed by atoms with Crippen molar-refractivity contribution in [2.24, 2.45) is 0 Å². The van der Waals surface area contributed by atoms with Crippen LogP contribution in [0.4, 0.5) is 5.69 Å². The molecule has 18 heavy (non-hydrogen) atoms. The number of nitrogens with zero attached hydrogens (tertiary/aromatic N) is 4. The topological polar surface area (TPSA) is 90.7 Å². The molecule has 6 nitrogen and oxygen atoms in total. The van der Waals surface area contributed by atoms with Crippen LogP contribution in [0.2, 0.25) is 0 Å². The van der Waals surface area contributed by atoms with Crippen LogP contribution in [0, 0.1) is 0 Å². The number of aromatic nitrogens is 4. The van der Waals surface area contributed by atoms with Crippen LogP contribution in [-0.2, 0) is 0 Å². The molecule has 2 aromatic heterocycles. The molecule has 0 aliphatic rings. The first kappa shape index (κ1) is 10.4. The molecule has 0 unspecified atom stereocenters. The Labute approximate surface area is 103 Å². The van der Waals surface area contributed by atoms with Crippen LogP contribution in [-0.4, -0.2) is 20.1 Å². The third-order valence-corrected chi connectivity index (χ3v) is 2.39. The van der Waals surface area contributed by atoms with Gasteiger partial charge in [0.15, 0.2) is 0 Å². The largest absolute Gasteiger partial charge is 0.399 e. The standard InChI is InChI=1S/C12H9N5O/c13-9-3-1-8(2-4-9)12-16-11(17-18-12)10-5-6-14-7-15-10/h1-7H,13H2. The second kappa shape index (κ2) is 4.25. The van der Waals surface area contributed by atoms with Gasteiger partial charge in [-0.2, -0.15) is 4.98 Å². The molecule has 88 valence electrons. The Kier molecular flexibility index (Phi) is 2.45. The van der Waals surface area contributed by atoms with Crippen molar-refractivity contribution in [1.82, 2.24) is 20.1 Å². The highest BCUT2D eigenvalue weighted by Crippen LogP contribution is 2.21. The Bertz CT molecular complexity index is 648. The van der Waals surface area contributed by atoms with Crippen molar-refractivity contribution >= 4 is 5.69 Å². The van der Waals surface area contributed by atoms with Gasteiger partial charge in [0.25, 0.3) is 5.89 Å². The minimum Gasteiger partial charge on any atom is -0.399 e. The molecule has 0 spiro atoms. The number of hydrogen-bond donors (Lipinski definition) is 1. The van der Waals surface area contributed by atoms with Crippen LogP contribution >= 0.6 is 0 Å². The van der Waals surface area contributed by atoms with Crippen molar-refractivity contribution in [3.8, 4) is 23.0 Å². The maximum atomic E-state index is 5.62.